The van der Waals surface area contributed by atoms with Crippen LogP contribution in [0, 0.1) is 24.2 Å². The molecule has 0 radical (unpaired) electrons. The van der Waals surface area contributed by atoms with Crippen molar-refractivity contribution in [2.75, 3.05) is 0 Å². The monoisotopic (exact) mass is 488 g/mol. The molecule has 5 heteroatoms. The van der Waals surface area contributed by atoms with Gasteiger partial charge in [-0.2, -0.15) is 5.92 Å². The maximum Gasteiger partial charge on any atom is 4.00 e. The third kappa shape index (κ3) is 5.21. The van der Waals surface area contributed by atoms with Gasteiger partial charge in [0, 0.05) is 0 Å². The maximum absolute atomic E-state index is 2.74. The number of hydrogen-bond acceptors (Lipinski definition) is 0. The van der Waals surface area contributed by atoms with Crippen molar-refractivity contribution in [1.29, 1.82) is 0 Å². The van der Waals surface area contributed by atoms with Crippen molar-refractivity contribution in [2.24, 2.45) is 17.8 Å². The molecule has 5 unspecified atom stereocenters. The Morgan fingerprint density at radius 1 is 0.893 bits per heavy atom. The van der Waals surface area contributed by atoms with E-state index >= 15 is 0 Å². The largest absolute Gasteiger partial charge is 4.00 e. The summed E-state index contributed by atoms with van der Waals surface area (Å²) in [5.41, 5.74) is 1.82. The van der Waals surface area contributed by atoms with Gasteiger partial charge >= 0.3 is 21.7 Å². The molecule has 4 rings (SSSR count). The standard InChI is InChI=1S/C23H31Si.3ClH.Ti/c1-18-17-19-11-9-10-16-22(19)23(18)24(2,20-12-5-3-6-13-20)21-14-7-4-8-15-21;;;;/h3,5-6,9-13,16-19,21-23H,4,7-8,14-15H2,1-2H3;3*1H;/q-1;;;;+4/p-3. The van der Waals surface area contributed by atoms with Crippen LogP contribution in [0.5, 0.6) is 0 Å². The molecule has 0 aromatic heterocycles. The van der Waals surface area contributed by atoms with E-state index in [4.69, 9.17) is 0 Å². The smallest absolute Gasteiger partial charge is 1.00 e. The quantitative estimate of drug-likeness (QED) is 0.312. The van der Waals surface area contributed by atoms with Crippen molar-refractivity contribution in [2.45, 2.75) is 56.7 Å². The van der Waals surface area contributed by atoms with Crippen LogP contribution >= 0.6 is 0 Å². The van der Waals surface area contributed by atoms with Crippen LogP contribution < -0.4 is 42.4 Å². The number of benzene rings is 1. The first-order chi connectivity index (χ1) is 11.7. The minimum absolute atomic E-state index is 0. The summed E-state index contributed by atoms with van der Waals surface area (Å²) in [4.78, 5) is 0. The van der Waals surface area contributed by atoms with E-state index in [1.807, 2.05) is 0 Å². The summed E-state index contributed by atoms with van der Waals surface area (Å²) in [7, 11) is -1.58. The van der Waals surface area contributed by atoms with E-state index in [1.54, 1.807) is 5.19 Å². The molecular formula is C23H31Cl3SiTi. The molecule has 28 heavy (non-hydrogen) atoms. The van der Waals surface area contributed by atoms with Crippen LogP contribution in [0.1, 0.15) is 39.0 Å². The van der Waals surface area contributed by atoms with Crippen LogP contribution in [0.2, 0.25) is 17.6 Å². The van der Waals surface area contributed by atoms with E-state index in [1.165, 1.54) is 32.1 Å². The van der Waals surface area contributed by atoms with E-state index < -0.39 is 8.07 Å². The summed E-state index contributed by atoms with van der Waals surface area (Å²) in [5, 5.41) is 1.71. The minimum Gasteiger partial charge on any atom is -1.00 e. The molecule has 0 amide bonds. The Balaban J connectivity index is 0.00000182. The van der Waals surface area contributed by atoms with Crippen LogP contribution in [0.3, 0.4) is 0 Å². The normalized spacial score (nSPS) is 30.5. The van der Waals surface area contributed by atoms with Gasteiger partial charge in [-0.15, -0.1) is 12.0 Å². The number of rotatable bonds is 3. The predicted octanol–water partition coefficient (Wildman–Crippen LogP) is -3.10. The number of fused-ring (bicyclic) bond motifs is 1. The molecule has 3 aliphatic carbocycles. The fourth-order valence-corrected chi connectivity index (χ4v) is 12.4. The molecule has 0 nitrogen and oxygen atoms in total. The molecule has 1 aromatic rings. The van der Waals surface area contributed by atoms with Crippen LogP contribution in [0.25, 0.3) is 0 Å². The Morgan fingerprint density at radius 2 is 1.50 bits per heavy atom. The number of allylic oxidation sites excluding steroid dienone is 4. The molecular weight excluding hydrogens is 459 g/mol. The van der Waals surface area contributed by atoms with Crippen molar-refractivity contribution < 1.29 is 58.9 Å². The van der Waals surface area contributed by atoms with Gasteiger partial charge in [-0.1, -0.05) is 105 Å². The summed E-state index contributed by atoms with van der Waals surface area (Å²) in [6, 6.07) is 11.7. The maximum atomic E-state index is 2.74. The van der Waals surface area contributed by atoms with Crippen molar-refractivity contribution in [3.05, 3.63) is 61.1 Å². The fraction of sp³-hybridized carbons (Fsp3) is 0.522. The van der Waals surface area contributed by atoms with Gasteiger partial charge in [0.1, 0.15) is 0 Å². The first kappa shape index (κ1) is 28.5. The van der Waals surface area contributed by atoms with Gasteiger partial charge in [-0.05, 0) is 11.5 Å². The zero-order valence-electron chi connectivity index (χ0n) is 16.8. The van der Waals surface area contributed by atoms with Gasteiger partial charge in [0.25, 0.3) is 0 Å². The second-order valence-corrected chi connectivity index (χ2v) is 13.1. The molecule has 1 aromatic carbocycles. The number of hydrogen-bond donors (Lipinski definition) is 0. The third-order valence-electron chi connectivity index (χ3n) is 7.27. The Kier molecular flexibility index (Phi) is 12.6. The molecule has 2 saturated carbocycles. The topological polar surface area (TPSA) is 0 Å². The molecule has 152 valence electrons. The predicted molar refractivity (Wildman–Crippen MR) is 107 cm³/mol. The summed E-state index contributed by atoms with van der Waals surface area (Å²) < 4.78 is 0. The molecule has 0 bridgehead atoms. The summed E-state index contributed by atoms with van der Waals surface area (Å²) >= 11 is 0. The second-order valence-electron chi connectivity index (χ2n) is 8.49. The van der Waals surface area contributed by atoms with Crippen LogP contribution in [0.15, 0.2) is 54.6 Å². The Bertz CT molecular complexity index is 630. The molecule has 0 aliphatic heterocycles. The fourth-order valence-electron chi connectivity index (χ4n) is 6.16. The second kappa shape index (κ2) is 12.4. The van der Waals surface area contributed by atoms with Gasteiger partial charge in [-0.3, -0.25) is 0 Å². The summed E-state index contributed by atoms with van der Waals surface area (Å²) in [5.74, 6) is 2.16. The molecule has 5 atom stereocenters. The van der Waals surface area contributed by atoms with E-state index in [0.717, 1.165) is 22.9 Å². The minimum atomic E-state index is -1.58. The first-order valence-corrected chi connectivity index (χ1v) is 12.6. The molecule has 0 N–H and O–H groups in total. The van der Waals surface area contributed by atoms with Crippen molar-refractivity contribution in [1.82, 2.24) is 0 Å². The van der Waals surface area contributed by atoms with Crippen LogP contribution in [-0.4, -0.2) is 8.07 Å². The molecule has 3 aliphatic rings. The van der Waals surface area contributed by atoms with Crippen LogP contribution in [-0.2, 0) is 21.7 Å². The van der Waals surface area contributed by atoms with E-state index in [0.29, 0.717) is 5.92 Å². The Hall–Kier alpha value is 0.501. The van der Waals surface area contributed by atoms with Gasteiger partial charge in [0.15, 0.2) is 0 Å². The summed E-state index contributed by atoms with van der Waals surface area (Å²) in [6.07, 6.45) is 19.5. The summed E-state index contributed by atoms with van der Waals surface area (Å²) in [6.45, 7) is 5.24. The molecule has 0 spiro atoms. The molecule has 0 saturated heterocycles. The average Bonchev–Trinajstić information content (AvgIpc) is 2.99. The molecule has 2 fully saturated rings. The van der Waals surface area contributed by atoms with E-state index in [-0.39, 0.29) is 58.9 Å². The van der Waals surface area contributed by atoms with E-state index in [9.17, 15) is 0 Å². The zero-order valence-corrected chi connectivity index (χ0v) is 21.7. The first-order valence-electron chi connectivity index (χ1n) is 9.97. The Morgan fingerprint density at radius 3 is 2.14 bits per heavy atom. The SMILES string of the molecule is CC1[CH-]C2C=CC=CC2C1[Si](C)(c1ccccc1)C1CCCCC1.[Cl-].[Cl-].[Cl-].[Ti+4]. The van der Waals surface area contributed by atoms with Gasteiger partial charge in [-0.25, -0.2) is 0 Å². The average molecular weight is 490 g/mol. The van der Waals surface area contributed by atoms with Crippen molar-refractivity contribution >= 4 is 13.3 Å². The number of halogens is 3. The van der Waals surface area contributed by atoms with Gasteiger partial charge in [0.05, 0.1) is 8.07 Å². The van der Waals surface area contributed by atoms with Crippen molar-refractivity contribution in [3.8, 4) is 0 Å². The van der Waals surface area contributed by atoms with Gasteiger partial charge in [0.2, 0.25) is 0 Å². The van der Waals surface area contributed by atoms with Gasteiger partial charge < -0.3 is 43.6 Å². The van der Waals surface area contributed by atoms with E-state index in [2.05, 4.69) is 74.5 Å². The zero-order chi connectivity index (χ0) is 16.6. The third-order valence-corrected chi connectivity index (χ3v) is 13.4. The molecule has 0 heterocycles. The van der Waals surface area contributed by atoms with Crippen molar-refractivity contribution in [3.63, 3.8) is 0 Å². The Labute approximate surface area is 206 Å². The van der Waals surface area contributed by atoms with Crippen LogP contribution in [0.4, 0.5) is 0 Å².